The lowest BCUT2D eigenvalue weighted by Crippen LogP contribution is -2.62. The first kappa shape index (κ1) is 69.3. The quantitative estimate of drug-likeness (QED) is 0.0201. The molecule has 0 aliphatic rings. The van der Waals surface area contributed by atoms with Crippen LogP contribution in [-0.4, -0.2) is 195 Å². The van der Waals surface area contributed by atoms with Gasteiger partial charge in [-0.15, -0.1) is 0 Å². The standard InChI is InChI=1S/C44H77N13O18S/c1-5-20(3)33(42(72)50-24(44(74)75)11-13-32(63)64)56-37(67)25(15-31(48)62)51-38(68)27(17-59)54-43(73)34(21(4)6-2)57-40(70)28(18-60)53-41(71)29(19-76)55-39(69)26(16-58)52-36(66)23(10-12-30(47)61)49-35(65)22(46)9-7-8-14-45/h20-29,33-34,58-60,76H,5-19,45-46H2,1-4H3,(H2,47,61)(H2,48,62)(H,49,65)(H,50,72)(H,51,68)(H,52,66)(H,53,71)(H,54,73)(H,55,69)(H,56,67)(H,57,70)(H,63,64)(H,74,75)/t20-,21-,22-,23-,24-,25-,26-,27-,28-,29-,33-,34-/m0/s1. The molecule has 32 heteroatoms. The molecular weight excluding hydrogens is 1030 g/mol. The van der Waals surface area contributed by atoms with Crippen molar-refractivity contribution in [1.29, 1.82) is 0 Å². The summed E-state index contributed by atoms with van der Waals surface area (Å²) in [6, 6.07) is -16.2. The summed E-state index contributed by atoms with van der Waals surface area (Å²) in [5, 5.41) is 69.1. The maximum atomic E-state index is 13.7. The molecule has 22 N–H and O–H groups in total. The molecule has 0 radical (unpaired) electrons. The first-order valence-corrected chi connectivity index (χ1v) is 24.9. The highest BCUT2D eigenvalue weighted by molar-refractivity contribution is 7.80. The van der Waals surface area contributed by atoms with Crippen LogP contribution in [0.25, 0.3) is 0 Å². The Hall–Kier alpha value is -6.74. The van der Waals surface area contributed by atoms with E-state index in [0.717, 1.165) is 0 Å². The van der Waals surface area contributed by atoms with Crippen molar-refractivity contribution in [1.82, 2.24) is 47.9 Å². The minimum absolute atomic E-state index is 0.181. The zero-order valence-electron chi connectivity index (χ0n) is 42.8. The van der Waals surface area contributed by atoms with Crippen LogP contribution in [0.2, 0.25) is 0 Å². The summed E-state index contributed by atoms with van der Waals surface area (Å²) in [5.41, 5.74) is 21.9. The Bertz CT molecular complexity index is 2020. The van der Waals surface area contributed by atoms with Crippen molar-refractivity contribution in [3.05, 3.63) is 0 Å². The summed E-state index contributed by atoms with van der Waals surface area (Å²) in [5.74, 6) is -16.7. The fourth-order valence-electron chi connectivity index (χ4n) is 6.71. The number of primary amides is 2. The number of nitrogens with two attached hydrogens (primary N) is 4. The molecule has 0 aliphatic heterocycles. The summed E-state index contributed by atoms with van der Waals surface area (Å²) in [6.07, 6.45) is -1.04. The second-order valence-electron chi connectivity index (χ2n) is 17.7. The molecule has 0 fully saturated rings. The van der Waals surface area contributed by atoms with Gasteiger partial charge in [0, 0.05) is 18.6 Å². The number of aliphatic carboxylic acids is 2. The van der Waals surface area contributed by atoms with Crippen LogP contribution in [0, 0.1) is 11.8 Å². The predicted molar refractivity (Wildman–Crippen MR) is 269 cm³/mol. The SMILES string of the molecule is CC[C@H](C)[C@H](NC(=O)[C@H](CC(N)=O)NC(=O)[C@H](CO)NC(=O)[C@@H](NC(=O)[C@H](CO)NC(=O)[C@H](CS)NC(=O)[C@H](CO)NC(=O)[C@H](CCC(N)=O)NC(=O)[C@@H](N)CCCCN)[C@@H](C)CC)C(=O)N[C@@H](CCC(=O)O)C(=O)O. The maximum absolute atomic E-state index is 13.7. The molecule has 0 saturated heterocycles. The highest BCUT2D eigenvalue weighted by Crippen LogP contribution is 2.12. The molecule has 0 aliphatic carbocycles. The van der Waals surface area contributed by atoms with Crippen LogP contribution in [0.1, 0.15) is 91.9 Å². The third kappa shape index (κ3) is 25.2. The van der Waals surface area contributed by atoms with Gasteiger partial charge in [0.25, 0.3) is 0 Å². The number of hydrogen-bond acceptors (Lipinski definition) is 19. The largest absolute Gasteiger partial charge is 0.481 e. The zero-order chi connectivity index (χ0) is 58.4. The summed E-state index contributed by atoms with van der Waals surface area (Å²) in [6.45, 7) is 3.29. The molecule has 11 amide bonds. The number of carbonyl (C=O) groups excluding carboxylic acids is 11. The van der Waals surface area contributed by atoms with Gasteiger partial charge in [0.05, 0.1) is 32.3 Å². The highest BCUT2D eigenvalue weighted by atomic mass is 32.1. The first-order chi connectivity index (χ1) is 35.7. The Morgan fingerprint density at radius 1 is 0.461 bits per heavy atom. The van der Waals surface area contributed by atoms with Gasteiger partial charge >= 0.3 is 11.9 Å². The van der Waals surface area contributed by atoms with E-state index in [-0.39, 0.29) is 32.1 Å². The van der Waals surface area contributed by atoms with Crippen LogP contribution in [0.15, 0.2) is 0 Å². The summed E-state index contributed by atoms with van der Waals surface area (Å²) in [7, 11) is 0. The molecule has 0 aromatic heterocycles. The van der Waals surface area contributed by atoms with Gasteiger partial charge < -0.3 is 96.3 Å². The molecule has 0 unspecified atom stereocenters. The van der Waals surface area contributed by atoms with Crippen LogP contribution < -0.4 is 70.8 Å². The number of aliphatic hydroxyl groups is 3. The molecule has 0 bridgehead atoms. The molecule has 0 aromatic carbocycles. The first-order valence-electron chi connectivity index (χ1n) is 24.3. The van der Waals surface area contributed by atoms with Crippen molar-refractivity contribution in [2.45, 2.75) is 152 Å². The van der Waals surface area contributed by atoms with Crippen LogP contribution in [0.5, 0.6) is 0 Å². The monoisotopic (exact) mass is 1110 g/mol. The lowest BCUT2D eigenvalue weighted by Gasteiger charge is -2.29. The zero-order valence-corrected chi connectivity index (χ0v) is 43.7. The molecule has 12 atom stereocenters. The van der Waals surface area contributed by atoms with Gasteiger partial charge in [-0.3, -0.25) is 57.5 Å². The van der Waals surface area contributed by atoms with E-state index in [1.165, 1.54) is 13.8 Å². The van der Waals surface area contributed by atoms with E-state index in [2.05, 4.69) is 60.5 Å². The second-order valence-corrected chi connectivity index (χ2v) is 18.1. The highest BCUT2D eigenvalue weighted by Gasteiger charge is 2.37. The number of unbranched alkanes of at least 4 members (excludes halogenated alkanes) is 1. The normalized spacial score (nSPS) is 15.8. The van der Waals surface area contributed by atoms with E-state index in [0.29, 0.717) is 19.4 Å². The number of aliphatic hydroxyl groups excluding tert-OH is 3. The Labute approximate surface area is 443 Å². The molecule has 76 heavy (non-hydrogen) atoms. The lowest BCUT2D eigenvalue weighted by molar-refractivity contribution is -0.144. The van der Waals surface area contributed by atoms with E-state index in [1.807, 2.05) is 0 Å². The number of thiol groups is 1. The van der Waals surface area contributed by atoms with E-state index < -0.39 is 194 Å². The fraction of sp³-hybridized carbons (Fsp3) is 0.705. The number of carboxylic acid groups (broad SMARTS) is 2. The van der Waals surface area contributed by atoms with Gasteiger partial charge in [0.1, 0.15) is 54.4 Å². The topological polar surface area (TPSA) is 535 Å². The number of nitrogens with one attached hydrogen (secondary N) is 9. The smallest absolute Gasteiger partial charge is 0.326 e. The number of rotatable bonds is 39. The minimum atomic E-state index is -1.89. The van der Waals surface area contributed by atoms with Gasteiger partial charge in [0.2, 0.25) is 65.0 Å². The molecular formula is C44H77N13O18S. The van der Waals surface area contributed by atoms with Crippen LogP contribution in [0.4, 0.5) is 0 Å². The third-order valence-electron chi connectivity index (χ3n) is 11.8. The molecule has 0 rings (SSSR count). The fourth-order valence-corrected chi connectivity index (χ4v) is 6.97. The van der Waals surface area contributed by atoms with Gasteiger partial charge in [-0.25, -0.2) is 4.79 Å². The van der Waals surface area contributed by atoms with E-state index in [9.17, 15) is 82.8 Å². The van der Waals surface area contributed by atoms with E-state index in [4.69, 9.17) is 28.0 Å². The number of amides is 11. The maximum Gasteiger partial charge on any atom is 0.326 e. The van der Waals surface area contributed by atoms with Gasteiger partial charge in [-0.1, -0.05) is 47.0 Å². The minimum Gasteiger partial charge on any atom is -0.481 e. The number of carboxylic acids is 2. The van der Waals surface area contributed by atoms with Gasteiger partial charge in [0.15, 0.2) is 0 Å². The van der Waals surface area contributed by atoms with E-state index in [1.54, 1.807) is 13.8 Å². The molecule has 31 nitrogen and oxygen atoms in total. The van der Waals surface area contributed by atoms with Gasteiger partial charge in [-0.2, -0.15) is 12.6 Å². The summed E-state index contributed by atoms with van der Waals surface area (Å²) in [4.78, 5) is 166. The van der Waals surface area contributed by atoms with Crippen LogP contribution >= 0.6 is 12.6 Å². The summed E-state index contributed by atoms with van der Waals surface area (Å²) < 4.78 is 0. The summed E-state index contributed by atoms with van der Waals surface area (Å²) >= 11 is 4.06. The number of carbonyl (C=O) groups is 13. The Morgan fingerprint density at radius 3 is 1.22 bits per heavy atom. The van der Waals surface area contributed by atoms with Crippen molar-refractivity contribution in [3.63, 3.8) is 0 Å². The second kappa shape index (κ2) is 36.3. The van der Waals surface area contributed by atoms with Crippen molar-refractivity contribution in [3.8, 4) is 0 Å². The van der Waals surface area contributed by atoms with E-state index >= 15 is 0 Å². The molecule has 0 saturated carbocycles. The van der Waals surface area contributed by atoms with Crippen molar-refractivity contribution < 1.29 is 87.9 Å². The van der Waals surface area contributed by atoms with Gasteiger partial charge in [-0.05, 0) is 44.1 Å². The molecule has 0 aromatic rings. The molecule has 0 spiro atoms. The average Bonchev–Trinajstić information content (AvgIpc) is 3.36. The predicted octanol–water partition coefficient (Wildman–Crippen LogP) is -8.10. The average molecular weight is 1110 g/mol. The lowest BCUT2D eigenvalue weighted by atomic mass is 9.96. The Kier molecular flexibility index (Phi) is 33.1. The van der Waals surface area contributed by atoms with Crippen LogP contribution in [-0.2, 0) is 62.3 Å². The van der Waals surface area contributed by atoms with Crippen LogP contribution in [0.3, 0.4) is 0 Å². The van der Waals surface area contributed by atoms with Crippen molar-refractivity contribution >= 4 is 89.5 Å². The number of hydrogen-bond donors (Lipinski definition) is 19. The van der Waals surface area contributed by atoms with Crippen molar-refractivity contribution in [2.75, 3.05) is 32.1 Å². The Balaban J connectivity index is 6.18. The molecule has 432 valence electrons. The Morgan fingerprint density at radius 2 is 0.829 bits per heavy atom. The molecule has 0 heterocycles. The third-order valence-corrected chi connectivity index (χ3v) is 12.1. The van der Waals surface area contributed by atoms with Crippen molar-refractivity contribution in [2.24, 2.45) is 34.8 Å².